The van der Waals surface area contributed by atoms with Gasteiger partial charge in [-0.05, 0) is 41.9 Å². The van der Waals surface area contributed by atoms with Gasteiger partial charge in [-0.1, -0.05) is 69.3 Å². The lowest BCUT2D eigenvalue weighted by atomic mass is 9.98. The van der Waals surface area contributed by atoms with Crippen LogP contribution in [-0.2, 0) is 0 Å². The molecule has 0 heterocycles. The van der Waals surface area contributed by atoms with Crippen molar-refractivity contribution in [3.8, 4) is 5.75 Å². The van der Waals surface area contributed by atoms with Crippen LogP contribution < -0.4 is 4.74 Å². The molecule has 0 N–H and O–H groups in total. The molecule has 0 fully saturated rings. The van der Waals surface area contributed by atoms with Gasteiger partial charge >= 0.3 is 0 Å². The summed E-state index contributed by atoms with van der Waals surface area (Å²) in [7, 11) is 0. The van der Waals surface area contributed by atoms with E-state index in [9.17, 15) is 0 Å². The number of benzene rings is 2. The highest BCUT2D eigenvalue weighted by atomic mass is 16.5. The average Bonchev–Trinajstić information content (AvgIpc) is 2.48. The van der Waals surface area contributed by atoms with E-state index < -0.39 is 0 Å². The summed E-state index contributed by atoms with van der Waals surface area (Å²) >= 11 is 0. The zero-order valence-corrected chi connectivity index (χ0v) is 13.3. The molecule has 2 aromatic rings. The van der Waals surface area contributed by atoms with Gasteiger partial charge in [-0.25, -0.2) is 0 Å². The van der Waals surface area contributed by atoms with Crippen LogP contribution in [0, 0.1) is 12.3 Å². The summed E-state index contributed by atoms with van der Waals surface area (Å²) in [6, 6.07) is 18.8. The summed E-state index contributed by atoms with van der Waals surface area (Å²) < 4.78 is 5.99. The monoisotopic (exact) mass is 281 g/mol. The van der Waals surface area contributed by atoms with Crippen molar-refractivity contribution in [2.45, 2.75) is 33.1 Å². The highest BCUT2D eigenvalue weighted by Gasteiger charge is 2.08. The zero-order valence-electron chi connectivity index (χ0n) is 13.3. The highest BCUT2D eigenvalue weighted by Crippen LogP contribution is 2.26. The summed E-state index contributed by atoms with van der Waals surface area (Å²) in [6.45, 7) is 7.40. The Bertz CT molecular complexity index is 531. The maximum Gasteiger partial charge on any atom is 0.122 e. The smallest absolute Gasteiger partial charge is 0.122 e. The number of hydrogen-bond acceptors (Lipinski definition) is 1. The molecule has 0 amide bonds. The van der Waals surface area contributed by atoms with E-state index in [2.05, 4.69) is 69.7 Å². The first kappa shape index (κ1) is 15.6. The minimum atomic E-state index is 0.495. The van der Waals surface area contributed by atoms with Crippen LogP contribution in [0.2, 0.25) is 0 Å². The fourth-order valence-corrected chi connectivity index (χ4v) is 2.42. The number of rotatable bonds is 7. The molecule has 0 aromatic heterocycles. The van der Waals surface area contributed by atoms with Crippen LogP contribution in [0.25, 0.3) is 0 Å². The predicted octanol–water partition coefficient (Wildman–Crippen LogP) is 5.47. The van der Waals surface area contributed by atoms with Gasteiger partial charge in [0.1, 0.15) is 5.75 Å². The second-order valence-electron chi connectivity index (χ2n) is 5.88. The van der Waals surface area contributed by atoms with Crippen molar-refractivity contribution in [1.82, 2.24) is 0 Å². The fraction of sp³-hybridized carbons (Fsp3) is 0.350. The Morgan fingerprint density at radius 1 is 0.905 bits per heavy atom. The molecule has 1 unspecified atom stereocenters. The standard InChI is InChI=1S/C20H25O/c1-16(2)19-11-7-8-12-20(19)21-14-13-17(3)15-18-9-5-4-6-10-18/h4-12,15-17H,13-14H2,1-3H3. The Kier molecular flexibility index (Phi) is 5.86. The minimum Gasteiger partial charge on any atom is -0.493 e. The van der Waals surface area contributed by atoms with Gasteiger partial charge in [0.25, 0.3) is 0 Å². The lowest BCUT2D eigenvalue weighted by Crippen LogP contribution is -2.06. The highest BCUT2D eigenvalue weighted by molar-refractivity contribution is 5.35. The Morgan fingerprint density at radius 2 is 1.57 bits per heavy atom. The van der Waals surface area contributed by atoms with Crippen molar-refractivity contribution in [2.75, 3.05) is 6.61 Å². The lowest BCUT2D eigenvalue weighted by molar-refractivity contribution is 0.289. The van der Waals surface area contributed by atoms with Gasteiger partial charge in [-0.2, -0.15) is 0 Å². The molecule has 0 bridgehead atoms. The van der Waals surface area contributed by atoms with E-state index in [1.54, 1.807) is 0 Å². The fourth-order valence-electron chi connectivity index (χ4n) is 2.42. The van der Waals surface area contributed by atoms with Gasteiger partial charge in [0, 0.05) is 0 Å². The van der Waals surface area contributed by atoms with E-state index in [0.29, 0.717) is 11.8 Å². The minimum absolute atomic E-state index is 0.495. The summed E-state index contributed by atoms with van der Waals surface area (Å²) in [6.07, 6.45) is 3.33. The molecule has 0 aliphatic carbocycles. The van der Waals surface area contributed by atoms with Crippen molar-refractivity contribution >= 4 is 0 Å². The molecule has 0 spiro atoms. The molecule has 0 aliphatic rings. The van der Waals surface area contributed by atoms with Crippen LogP contribution in [-0.4, -0.2) is 6.61 Å². The molecular formula is C20H25O. The number of ether oxygens (including phenoxy) is 1. The van der Waals surface area contributed by atoms with Gasteiger partial charge in [0.2, 0.25) is 0 Å². The molecule has 0 saturated heterocycles. The average molecular weight is 281 g/mol. The molecule has 2 rings (SSSR count). The molecule has 111 valence electrons. The topological polar surface area (TPSA) is 9.23 Å². The maximum atomic E-state index is 5.99. The SMILES string of the molecule is CC([CH]c1ccccc1)CCOc1ccccc1C(C)C. The van der Waals surface area contributed by atoms with Crippen LogP contribution in [0.5, 0.6) is 5.75 Å². The van der Waals surface area contributed by atoms with E-state index >= 15 is 0 Å². The quantitative estimate of drug-likeness (QED) is 0.654. The third-order valence-corrected chi connectivity index (χ3v) is 3.65. The van der Waals surface area contributed by atoms with Crippen molar-refractivity contribution in [2.24, 2.45) is 5.92 Å². The number of para-hydroxylation sites is 1. The first-order chi connectivity index (χ1) is 10.2. The van der Waals surface area contributed by atoms with Gasteiger partial charge in [-0.15, -0.1) is 0 Å². The van der Waals surface area contributed by atoms with Crippen molar-refractivity contribution in [3.05, 3.63) is 72.1 Å². The number of hydrogen-bond donors (Lipinski definition) is 0. The Balaban J connectivity index is 1.82. The van der Waals surface area contributed by atoms with Crippen LogP contribution in [0.1, 0.15) is 44.2 Å². The molecule has 1 atom stereocenters. The van der Waals surface area contributed by atoms with Gasteiger partial charge in [-0.3, -0.25) is 0 Å². The Labute approximate surface area is 129 Å². The normalized spacial score (nSPS) is 12.4. The van der Waals surface area contributed by atoms with Crippen LogP contribution in [0.15, 0.2) is 54.6 Å². The van der Waals surface area contributed by atoms with E-state index in [1.807, 2.05) is 12.1 Å². The van der Waals surface area contributed by atoms with E-state index in [1.165, 1.54) is 11.1 Å². The molecule has 0 aliphatic heterocycles. The van der Waals surface area contributed by atoms with Crippen molar-refractivity contribution in [3.63, 3.8) is 0 Å². The first-order valence-electron chi connectivity index (χ1n) is 7.78. The van der Waals surface area contributed by atoms with E-state index in [4.69, 9.17) is 4.74 Å². The maximum absolute atomic E-state index is 5.99. The van der Waals surface area contributed by atoms with Crippen molar-refractivity contribution < 1.29 is 4.74 Å². The third kappa shape index (κ3) is 4.93. The molecule has 1 nitrogen and oxygen atoms in total. The molecule has 2 aromatic carbocycles. The Hall–Kier alpha value is -1.76. The second-order valence-corrected chi connectivity index (χ2v) is 5.88. The van der Waals surface area contributed by atoms with Gasteiger partial charge in [0.05, 0.1) is 6.61 Å². The summed E-state index contributed by atoms with van der Waals surface area (Å²) in [5.41, 5.74) is 2.57. The van der Waals surface area contributed by atoms with Crippen LogP contribution >= 0.6 is 0 Å². The summed E-state index contributed by atoms with van der Waals surface area (Å²) in [5, 5.41) is 0. The molecule has 1 heteroatoms. The predicted molar refractivity (Wildman–Crippen MR) is 89.7 cm³/mol. The van der Waals surface area contributed by atoms with Gasteiger partial charge < -0.3 is 4.74 Å². The molecular weight excluding hydrogens is 256 g/mol. The molecule has 21 heavy (non-hydrogen) atoms. The largest absolute Gasteiger partial charge is 0.493 e. The molecule has 1 radical (unpaired) electrons. The van der Waals surface area contributed by atoms with Crippen LogP contribution in [0.4, 0.5) is 0 Å². The summed E-state index contributed by atoms with van der Waals surface area (Å²) in [4.78, 5) is 0. The van der Waals surface area contributed by atoms with Gasteiger partial charge in [0.15, 0.2) is 0 Å². The van der Waals surface area contributed by atoms with Crippen LogP contribution in [0.3, 0.4) is 0 Å². The summed E-state index contributed by atoms with van der Waals surface area (Å²) in [5.74, 6) is 2.03. The zero-order chi connectivity index (χ0) is 15.1. The third-order valence-electron chi connectivity index (χ3n) is 3.65. The first-order valence-corrected chi connectivity index (χ1v) is 7.78. The van der Waals surface area contributed by atoms with Crippen molar-refractivity contribution in [1.29, 1.82) is 0 Å². The Morgan fingerprint density at radius 3 is 2.29 bits per heavy atom. The second kappa shape index (κ2) is 7.87. The van der Waals surface area contributed by atoms with E-state index in [0.717, 1.165) is 18.8 Å². The lowest BCUT2D eigenvalue weighted by Gasteiger charge is -2.16. The molecule has 0 saturated carbocycles. The van der Waals surface area contributed by atoms with E-state index in [-0.39, 0.29) is 0 Å².